The molecule has 1 heterocycles. The maximum atomic E-state index is 14.2. The molecular formula is C24H26F3N3O5. The van der Waals surface area contributed by atoms with Gasteiger partial charge in [-0.15, -0.1) is 0 Å². The normalized spacial score (nSPS) is 13.5. The molecule has 0 spiro atoms. The number of benzene rings is 2. The second-order valence-electron chi connectivity index (χ2n) is 8.06. The third kappa shape index (κ3) is 5.98. The molecule has 8 nitrogen and oxygen atoms in total. The third-order valence-corrected chi connectivity index (χ3v) is 5.61. The van der Waals surface area contributed by atoms with Crippen molar-refractivity contribution >= 4 is 22.6 Å². The number of nitrogens with zero attached hydrogens (tertiary/aromatic N) is 2. The first-order chi connectivity index (χ1) is 16.6. The summed E-state index contributed by atoms with van der Waals surface area (Å²) < 4.78 is 48.9. The number of carbonyl (C=O) groups is 1. The second kappa shape index (κ2) is 10.9. The zero-order valence-electron chi connectivity index (χ0n) is 19.0. The van der Waals surface area contributed by atoms with Crippen molar-refractivity contribution in [2.24, 2.45) is 0 Å². The number of hydrogen-bond donors (Lipinski definition) is 2. The third-order valence-electron chi connectivity index (χ3n) is 5.61. The molecule has 2 N–H and O–H groups in total. The van der Waals surface area contributed by atoms with E-state index in [1.54, 1.807) is 37.3 Å². The van der Waals surface area contributed by atoms with E-state index in [9.17, 15) is 33.2 Å². The molecule has 0 saturated carbocycles. The van der Waals surface area contributed by atoms with Crippen LogP contribution in [0.15, 0.2) is 54.7 Å². The largest absolute Gasteiger partial charge is 0.466 e. The summed E-state index contributed by atoms with van der Waals surface area (Å²) >= 11 is 0. The summed E-state index contributed by atoms with van der Waals surface area (Å²) in [7, 11) is 0. The number of nitro benzene ring substituents is 1. The summed E-state index contributed by atoms with van der Waals surface area (Å²) in [6, 6.07) is 12.4. The number of esters is 1. The summed E-state index contributed by atoms with van der Waals surface area (Å²) in [6.07, 6.45) is -3.59. The number of nitro groups is 1. The second-order valence-corrected chi connectivity index (χ2v) is 8.06. The number of aliphatic hydroxyl groups is 1. The molecule has 0 aliphatic heterocycles. The minimum atomic E-state index is -5.05. The zero-order chi connectivity index (χ0) is 25.6. The van der Waals surface area contributed by atoms with Crippen LogP contribution in [0.3, 0.4) is 0 Å². The van der Waals surface area contributed by atoms with Crippen molar-refractivity contribution in [2.75, 3.05) is 19.7 Å². The van der Waals surface area contributed by atoms with Crippen molar-refractivity contribution in [3.8, 4) is 0 Å². The van der Waals surface area contributed by atoms with Crippen LogP contribution in [0.5, 0.6) is 0 Å². The molecule has 3 rings (SSSR count). The van der Waals surface area contributed by atoms with Crippen molar-refractivity contribution < 1.29 is 32.7 Å². The Morgan fingerprint density at radius 3 is 2.54 bits per heavy atom. The van der Waals surface area contributed by atoms with Gasteiger partial charge in [0.25, 0.3) is 5.69 Å². The lowest BCUT2D eigenvalue weighted by molar-refractivity contribution is -0.384. The van der Waals surface area contributed by atoms with Gasteiger partial charge in [-0.05, 0) is 31.5 Å². The zero-order valence-corrected chi connectivity index (χ0v) is 19.0. The Kier molecular flexibility index (Phi) is 8.13. The fraction of sp³-hybridized carbons (Fsp3) is 0.375. The molecule has 0 fully saturated rings. The number of alkyl halides is 3. The van der Waals surface area contributed by atoms with Crippen LogP contribution in [-0.4, -0.2) is 46.4 Å². The van der Waals surface area contributed by atoms with Crippen LogP contribution in [-0.2, 0) is 21.7 Å². The van der Waals surface area contributed by atoms with Gasteiger partial charge >= 0.3 is 12.1 Å². The molecule has 0 amide bonds. The van der Waals surface area contributed by atoms with Crippen LogP contribution in [0.1, 0.15) is 30.9 Å². The predicted octanol–water partition coefficient (Wildman–Crippen LogP) is 4.28. The Balaban J connectivity index is 1.96. The van der Waals surface area contributed by atoms with Gasteiger partial charge in [0.1, 0.15) is 0 Å². The maximum Gasteiger partial charge on any atom is 0.422 e. The minimum Gasteiger partial charge on any atom is -0.466 e. The van der Waals surface area contributed by atoms with Crippen molar-refractivity contribution in [3.05, 3.63) is 76.0 Å². The highest BCUT2D eigenvalue weighted by Crippen LogP contribution is 2.43. The van der Waals surface area contributed by atoms with Crippen LogP contribution in [0, 0.1) is 10.1 Å². The lowest BCUT2D eigenvalue weighted by Gasteiger charge is -2.30. The van der Waals surface area contributed by atoms with E-state index in [1.165, 1.54) is 22.9 Å². The quantitative estimate of drug-likeness (QED) is 0.179. The molecule has 2 aromatic carbocycles. The van der Waals surface area contributed by atoms with E-state index in [2.05, 4.69) is 5.32 Å². The monoisotopic (exact) mass is 493 g/mol. The summed E-state index contributed by atoms with van der Waals surface area (Å²) in [4.78, 5) is 22.1. The number of aromatic nitrogens is 1. The molecule has 0 bridgehead atoms. The number of non-ortho nitro benzene ring substituents is 1. The molecule has 35 heavy (non-hydrogen) atoms. The molecule has 0 aliphatic rings. The number of fused-ring (bicyclic) bond motifs is 1. The maximum absolute atomic E-state index is 14.2. The first-order valence-electron chi connectivity index (χ1n) is 11.0. The number of carbonyl (C=O) groups excluding carboxylic acids is 1. The van der Waals surface area contributed by atoms with Crippen LogP contribution < -0.4 is 5.32 Å². The molecular weight excluding hydrogens is 467 g/mol. The van der Waals surface area contributed by atoms with Crippen molar-refractivity contribution in [1.82, 2.24) is 9.88 Å². The topological polar surface area (TPSA) is 107 Å². The van der Waals surface area contributed by atoms with E-state index < -0.39 is 34.8 Å². The number of ether oxygens (including phenoxy) is 1. The molecule has 0 radical (unpaired) electrons. The molecule has 0 aliphatic carbocycles. The molecule has 1 aromatic heterocycles. The Hall–Kier alpha value is -3.44. The van der Waals surface area contributed by atoms with Gasteiger partial charge in [-0.1, -0.05) is 30.3 Å². The molecule has 1 unspecified atom stereocenters. The number of halogens is 3. The lowest BCUT2D eigenvalue weighted by Crippen LogP contribution is -2.50. The average Bonchev–Trinajstić information content (AvgIpc) is 3.17. The Bertz CT molecular complexity index is 1180. The number of nitrogens with one attached hydrogen (secondary N) is 1. The van der Waals surface area contributed by atoms with Gasteiger partial charge in [-0.2, -0.15) is 13.2 Å². The SMILES string of the molecule is CCOC(=O)CCCNCC(O)(c1cn(Cc2ccccc2)c2cc([N+](=O)[O-])ccc12)C(F)(F)F. The van der Waals surface area contributed by atoms with E-state index in [0.717, 1.165) is 11.6 Å². The van der Waals surface area contributed by atoms with Crippen LogP contribution in [0.25, 0.3) is 10.9 Å². The fourth-order valence-corrected chi connectivity index (χ4v) is 3.84. The van der Waals surface area contributed by atoms with Crippen LogP contribution >= 0.6 is 0 Å². The first kappa shape index (κ1) is 26.2. The average molecular weight is 493 g/mol. The highest BCUT2D eigenvalue weighted by molar-refractivity contribution is 5.87. The highest BCUT2D eigenvalue weighted by Gasteiger charge is 2.56. The molecule has 0 saturated heterocycles. The predicted molar refractivity (Wildman–Crippen MR) is 123 cm³/mol. The molecule has 188 valence electrons. The van der Waals surface area contributed by atoms with E-state index in [0.29, 0.717) is 0 Å². The summed E-state index contributed by atoms with van der Waals surface area (Å²) in [6.45, 7) is 1.21. The van der Waals surface area contributed by atoms with Crippen molar-refractivity contribution in [3.63, 3.8) is 0 Å². The van der Waals surface area contributed by atoms with E-state index in [1.807, 2.05) is 0 Å². The summed E-state index contributed by atoms with van der Waals surface area (Å²) in [5, 5.41) is 24.9. The molecule has 3 aromatic rings. The van der Waals surface area contributed by atoms with Crippen molar-refractivity contribution in [2.45, 2.75) is 38.1 Å². The molecule has 11 heteroatoms. The van der Waals surface area contributed by atoms with Gasteiger partial charge in [-0.3, -0.25) is 14.9 Å². The van der Waals surface area contributed by atoms with Gasteiger partial charge in [0.2, 0.25) is 0 Å². The van der Waals surface area contributed by atoms with Gasteiger partial charge < -0.3 is 19.7 Å². The molecule has 1 atom stereocenters. The van der Waals surface area contributed by atoms with E-state index >= 15 is 0 Å². The van der Waals surface area contributed by atoms with Gasteiger partial charge in [0, 0.05) is 48.8 Å². The van der Waals surface area contributed by atoms with E-state index in [4.69, 9.17) is 4.74 Å². The van der Waals surface area contributed by atoms with E-state index in [-0.39, 0.29) is 49.1 Å². The Morgan fingerprint density at radius 1 is 1.20 bits per heavy atom. The lowest BCUT2D eigenvalue weighted by atomic mass is 9.92. The van der Waals surface area contributed by atoms with Gasteiger partial charge in [-0.25, -0.2) is 0 Å². The van der Waals surface area contributed by atoms with Crippen LogP contribution in [0.2, 0.25) is 0 Å². The smallest absolute Gasteiger partial charge is 0.422 e. The summed E-state index contributed by atoms with van der Waals surface area (Å²) in [5.41, 5.74) is -2.99. The van der Waals surface area contributed by atoms with Crippen molar-refractivity contribution in [1.29, 1.82) is 0 Å². The van der Waals surface area contributed by atoms with Crippen LogP contribution in [0.4, 0.5) is 18.9 Å². The highest BCUT2D eigenvalue weighted by atomic mass is 19.4. The van der Waals surface area contributed by atoms with Gasteiger partial charge in [0.05, 0.1) is 17.0 Å². The summed E-state index contributed by atoms with van der Waals surface area (Å²) in [5.74, 6) is -0.453. The minimum absolute atomic E-state index is 0.0331. The Morgan fingerprint density at radius 2 is 1.91 bits per heavy atom. The van der Waals surface area contributed by atoms with Gasteiger partial charge in [0.15, 0.2) is 5.60 Å². The fourth-order valence-electron chi connectivity index (χ4n) is 3.84. The Labute approximate surface area is 199 Å². The number of hydrogen-bond acceptors (Lipinski definition) is 6. The number of rotatable bonds is 11. The first-order valence-corrected chi connectivity index (χ1v) is 11.0. The standard InChI is InChI=1S/C24H26F3N3O5/c1-2-35-22(31)9-6-12-28-16-23(32,24(25,26)27)20-15-29(14-17-7-4-3-5-8-17)21-13-18(30(33)34)10-11-19(20)21/h3-5,7-8,10-11,13,15,28,32H,2,6,9,12,14,16H2,1H3.